The summed E-state index contributed by atoms with van der Waals surface area (Å²) in [5.41, 5.74) is 1.95. The fourth-order valence-corrected chi connectivity index (χ4v) is 4.39. The molecule has 0 atom stereocenters. The van der Waals surface area contributed by atoms with Crippen LogP contribution in [0.1, 0.15) is 12.5 Å². The Kier molecular flexibility index (Phi) is 8.53. The van der Waals surface area contributed by atoms with Gasteiger partial charge in [-0.15, -0.1) is 10.2 Å². The molecule has 7 nitrogen and oxygen atoms in total. The molecule has 0 unspecified atom stereocenters. The van der Waals surface area contributed by atoms with Gasteiger partial charge in [0.15, 0.2) is 10.9 Å². The molecule has 0 spiro atoms. The average molecular weight is 497 g/mol. The van der Waals surface area contributed by atoms with E-state index in [2.05, 4.69) is 27.8 Å². The predicted molar refractivity (Wildman–Crippen MR) is 126 cm³/mol. The number of anilines is 2. The fourth-order valence-electron chi connectivity index (χ4n) is 2.36. The lowest BCUT2D eigenvalue weighted by atomic mass is 10.1. The van der Waals surface area contributed by atoms with Crippen molar-refractivity contribution in [2.45, 2.75) is 17.7 Å². The Labute approximate surface area is 197 Å². The lowest BCUT2D eigenvalue weighted by Crippen LogP contribution is -2.20. The van der Waals surface area contributed by atoms with E-state index >= 15 is 0 Å². The number of carbonyl (C=O) groups is 2. The van der Waals surface area contributed by atoms with Gasteiger partial charge < -0.3 is 10.1 Å². The Morgan fingerprint density at radius 2 is 1.84 bits per heavy atom. The summed E-state index contributed by atoms with van der Waals surface area (Å²) in [5, 5.41) is 14.4. The Hall–Kier alpha value is -2.33. The standard InChI is InChI=1S/C20H18Cl2N4O3S2/c1-2-12-3-6-14(7-4-12)23-18(28)11-30-20-26-25-19(31-20)24-17(27)10-29-16-8-5-13(21)9-15(16)22/h3-9H,2,10-11H2,1H3,(H,23,28)(H,24,25,27). The topological polar surface area (TPSA) is 93.2 Å². The van der Waals surface area contributed by atoms with Gasteiger partial charge >= 0.3 is 0 Å². The molecule has 3 aromatic rings. The van der Waals surface area contributed by atoms with Gasteiger partial charge in [0.05, 0.1) is 10.8 Å². The summed E-state index contributed by atoms with van der Waals surface area (Å²) in [7, 11) is 0. The first-order valence-corrected chi connectivity index (χ1v) is 11.7. The zero-order chi connectivity index (χ0) is 22.2. The number of carbonyl (C=O) groups excluding carboxylic acids is 2. The molecule has 0 aliphatic carbocycles. The minimum absolute atomic E-state index is 0.150. The number of aryl methyl sites for hydroxylation is 1. The van der Waals surface area contributed by atoms with Gasteiger partial charge in [0.2, 0.25) is 11.0 Å². The van der Waals surface area contributed by atoms with Crippen LogP contribution in [0.25, 0.3) is 0 Å². The first-order chi connectivity index (χ1) is 14.9. The van der Waals surface area contributed by atoms with Crippen molar-refractivity contribution in [2.24, 2.45) is 0 Å². The molecule has 3 rings (SSSR count). The number of aromatic nitrogens is 2. The molecule has 1 heterocycles. The molecular weight excluding hydrogens is 479 g/mol. The molecule has 0 aliphatic rings. The van der Waals surface area contributed by atoms with E-state index < -0.39 is 5.91 Å². The highest BCUT2D eigenvalue weighted by Gasteiger charge is 2.12. The molecule has 0 saturated carbocycles. The van der Waals surface area contributed by atoms with Gasteiger partial charge in [-0.05, 0) is 42.3 Å². The van der Waals surface area contributed by atoms with Gasteiger partial charge in [-0.1, -0.05) is 65.4 Å². The number of nitrogens with one attached hydrogen (secondary N) is 2. The third-order valence-corrected chi connectivity index (χ3v) is 6.38. The summed E-state index contributed by atoms with van der Waals surface area (Å²) in [6.07, 6.45) is 0.945. The monoisotopic (exact) mass is 496 g/mol. The van der Waals surface area contributed by atoms with Crippen molar-refractivity contribution in [3.63, 3.8) is 0 Å². The fraction of sp³-hybridized carbons (Fsp3) is 0.200. The van der Waals surface area contributed by atoms with Crippen molar-refractivity contribution >= 4 is 68.9 Å². The molecule has 2 amide bonds. The number of benzene rings is 2. The molecule has 0 aliphatic heterocycles. The number of ether oxygens (including phenoxy) is 1. The SMILES string of the molecule is CCc1ccc(NC(=O)CSc2nnc(NC(=O)COc3ccc(Cl)cc3Cl)s2)cc1. The van der Waals surface area contributed by atoms with Crippen LogP contribution >= 0.6 is 46.3 Å². The number of halogens is 2. The van der Waals surface area contributed by atoms with Crippen LogP contribution < -0.4 is 15.4 Å². The summed E-state index contributed by atoms with van der Waals surface area (Å²) < 4.78 is 5.94. The molecule has 11 heteroatoms. The molecule has 0 bridgehead atoms. The van der Waals surface area contributed by atoms with Gasteiger partial charge in [-0.3, -0.25) is 14.9 Å². The van der Waals surface area contributed by atoms with Crippen LogP contribution in [0.2, 0.25) is 10.0 Å². The van der Waals surface area contributed by atoms with E-state index in [1.54, 1.807) is 12.1 Å². The summed E-state index contributed by atoms with van der Waals surface area (Å²) in [5.74, 6) is -0.0312. The van der Waals surface area contributed by atoms with Crippen LogP contribution in [0.3, 0.4) is 0 Å². The van der Waals surface area contributed by atoms with E-state index in [1.165, 1.54) is 34.7 Å². The van der Waals surface area contributed by atoms with Crippen LogP contribution in [0, 0.1) is 0 Å². The van der Waals surface area contributed by atoms with Gasteiger partial charge in [0.1, 0.15) is 5.75 Å². The van der Waals surface area contributed by atoms with Gasteiger partial charge in [-0.2, -0.15) is 0 Å². The number of hydrogen-bond donors (Lipinski definition) is 2. The highest BCUT2D eigenvalue weighted by molar-refractivity contribution is 8.01. The van der Waals surface area contributed by atoms with Crippen LogP contribution in [-0.4, -0.2) is 34.4 Å². The van der Waals surface area contributed by atoms with Crippen molar-refractivity contribution < 1.29 is 14.3 Å². The zero-order valence-electron chi connectivity index (χ0n) is 16.4. The number of thioether (sulfide) groups is 1. The summed E-state index contributed by atoms with van der Waals surface area (Å²) >= 11 is 14.2. The molecule has 2 N–H and O–H groups in total. The Bertz CT molecular complexity index is 1060. The first-order valence-electron chi connectivity index (χ1n) is 9.15. The van der Waals surface area contributed by atoms with E-state index in [1.807, 2.05) is 24.3 Å². The number of rotatable bonds is 9. The van der Waals surface area contributed by atoms with E-state index in [0.29, 0.717) is 25.3 Å². The van der Waals surface area contributed by atoms with Crippen molar-refractivity contribution in [1.29, 1.82) is 0 Å². The van der Waals surface area contributed by atoms with Crippen molar-refractivity contribution in [3.05, 3.63) is 58.1 Å². The largest absolute Gasteiger partial charge is 0.482 e. The third-order valence-electron chi connectivity index (χ3n) is 3.88. The Morgan fingerprint density at radius 1 is 1.06 bits per heavy atom. The van der Waals surface area contributed by atoms with Crippen LogP contribution in [0.5, 0.6) is 5.75 Å². The molecule has 0 radical (unpaired) electrons. The van der Waals surface area contributed by atoms with Crippen molar-refractivity contribution in [1.82, 2.24) is 10.2 Å². The van der Waals surface area contributed by atoms with Gasteiger partial charge in [-0.25, -0.2) is 0 Å². The minimum Gasteiger partial charge on any atom is -0.482 e. The average Bonchev–Trinajstić information content (AvgIpc) is 3.19. The van der Waals surface area contributed by atoms with E-state index in [0.717, 1.165) is 12.1 Å². The molecule has 162 valence electrons. The van der Waals surface area contributed by atoms with Crippen LogP contribution in [-0.2, 0) is 16.0 Å². The van der Waals surface area contributed by atoms with E-state index in [-0.39, 0.29) is 18.3 Å². The molecule has 2 aromatic carbocycles. The van der Waals surface area contributed by atoms with Crippen molar-refractivity contribution in [3.8, 4) is 5.75 Å². The second kappa shape index (κ2) is 11.3. The van der Waals surface area contributed by atoms with Gasteiger partial charge in [0, 0.05) is 10.7 Å². The molecular formula is C20H18Cl2N4O3S2. The number of nitrogens with zero attached hydrogens (tertiary/aromatic N) is 2. The molecule has 1 aromatic heterocycles. The number of amides is 2. The second-order valence-corrected chi connectivity index (χ2v) is 9.22. The lowest BCUT2D eigenvalue weighted by Gasteiger charge is -2.07. The Balaban J connectivity index is 1.42. The maximum Gasteiger partial charge on any atom is 0.264 e. The normalized spacial score (nSPS) is 10.5. The maximum absolute atomic E-state index is 12.1. The Morgan fingerprint density at radius 3 is 2.55 bits per heavy atom. The van der Waals surface area contributed by atoms with Gasteiger partial charge in [0.25, 0.3) is 5.91 Å². The molecule has 31 heavy (non-hydrogen) atoms. The van der Waals surface area contributed by atoms with Crippen LogP contribution in [0.15, 0.2) is 46.8 Å². The highest BCUT2D eigenvalue weighted by atomic mass is 35.5. The lowest BCUT2D eigenvalue weighted by molar-refractivity contribution is -0.118. The molecule has 0 saturated heterocycles. The second-order valence-electron chi connectivity index (χ2n) is 6.17. The summed E-state index contributed by atoms with van der Waals surface area (Å²) in [6, 6.07) is 12.4. The zero-order valence-corrected chi connectivity index (χ0v) is 19.5. The highest BCUT2D eigenvalue weighted by Crippen LogP contribution is 2.28. The third kappa shape index (κ3) is 7.39. The van der Waals surface area contributed by atoms with E-state index in [4.69, 9.17) is 27.9 Å². The maximum atomic E-state index is 12.1. The predicted octanol–water partition coefficient (Wildman–Crippen LogP) is 5.16. The smallest absolute Gasteiger partial charge is 0.264 e. The quantitative estimate of drug-likeness (QED) is 0.314. The van der Waals surface area contributed by atoms with Crippen LogP contribution in [0.4, 0.5) is 10.8 Å². The minimum atomic E-state index is -0.410. The summed E-state index contributed by atoms with van der Waals surface area (Å²) in [6.45, 7) is 1.83. The number of hydrogen-bond acceptors (Lipinski definition) is 7. The summed E-state index contributed by atoms with van der Waals surface area (Å²) in [4.78, 5) is 24.2. The molecule has 0 fully saturated rings. The van der Waals surface area contributed by atoms with E-state index in [9.17, 15) is 9.59 Å². The van der Waals surface area contributed by atoms with Crippen molar-refractivity contribution in [2.75, 3.05) is 23.0 Å². The first kappa shape index (κ1) is 23.3.